The van der Waals surface area contributed by atoms with Gasteiger partial charge in [-0.05, 0) is 37.2 Å². The molecule has 2 nitrogen and oxygen atoms in total. The SMILES string of the molecule is CC(C)CNCCN(C)Cc1ccc(F)cc1Cl. The van der Waals surface area contributed by atoms with Crippen LogP contribution in [-0.2, 0) is 6.54 Å². The van der Waals surface area contributed by atoms with Gasteiger partial charge in [0.25, 0.3) is 0 Å². The van der Waals surface area contributed by atoms with Gasteiger partial charge in [-0.3, -0.25) is 0 Å². The number of nitrogens with zero attached hydrogens (tertiary/aromatic N) is 1. The maximum Gasteiger partial charge on any atom is 0.124 e. The number of halogens is 2. The lowest BCUT2D eigenvalue weighted by molar-refractivity contribution is 0.321. The molecule has 1 N–H and O–H groups in total. The van der Waals surface area contributed by atoms with E-state index in [2.05, 4.69) is 24.1 Å². The van der Waals surface area contributed by atoms with E-state index in [0.29, 0.717) is 10.9 Å². The van der Waals surface area contributed by atoms with Gasteiger partial charge in [-0.1, -0.05) is 31.5 Å². The molecular formula is C14H22ClFN2. The normalized spacial score (nSPS) is 11.5. The van der Waals surface area contributed by atoms with Crippen molar-refractivity contribution in [3.63, 3.8) is 0 Å². The van der Waals surface area contributed by atoms with Crippen LogP contribution in [-0.4, -0.2) is 31.6 Å². The lowest BCUT2D eigenvalue weighted by Gasteiger charge is -2.18. The number of hydrogen-bond donors (Lipinski definition) is 1. The summed E-state index contributed by atoms with van der Waals surface area (Å²) < 4.78 is 12.9. The summed E-state index contributed by atoms with van der Waals surface area (Å²) in [5.74, 6) is 0.381. The molecule has 0 aliphatic heterocycles. The number of benzene rings is 1. The van der Waals surface area contributed by atoms with Crippen molar-refractivity contribution in [2.45, 2.75) is 20.4 Å². The highest BCUT2D eigenvalue weighted by atomic mass is 35.5. The molecule has 0 aromatic heterocycles. The maximum atomic E-state index is 12.9. The second kappa shape index (κ2) is 7.72. The van der Waals surface area contributed by atoms with Crippen LogP contribution in [0.3, 0.4) is 0 Å². The molecule has 0 heterocycles. The first-order valence-electron chi connectivity index (χ1n) is 6.32. The van der Waals surface area contributed by atoms with Crippen molar-refractivity contribution in [2.75, 3.05) is 26.7 Å². The van der Waals surface area contributed by atoms with Crippen LogP contribution in [0.2, 0.25) is 5.02 Å². The van der Waals surface area contributed by atoms with Crippen LogP contribution in [0.5, 0.6) is 0 Å². The molecule has 0 atom stereocenters. The summed E-state index contributed by atoms with van der Waals surface area (Å²) in [5.41, 5.74) is 0.962. The highest BCUT2D eigenvalue weighted by Crippen LogP contribution is 2.18. The van der Waals surface area contributed by atoms with Crippen molar-refractivity contribution in [3.8, 4) is 0 Å². The smallest absolute Gasteiger partial charge is 0.124 e. The second-order valence-electron chi connectivity index (χ2n) is 5.07. The van der Waals surface area contributed by atoms with Crippen LogP contribution in [0.1, 0.15) is 19.4 Å². The summed E-state index contributed by atoms with van der Waals surface area (Å²) in [5, 5.41) is 3.89. The molecule has 0 saturated heterocycles. The van der Waals surface area contributed by atoms with Gasteiger partial charge in [0.15, 0.2) is 0 Å². The summed E-state index contributed by atoms with van der Waals surface area (Å²) in [6.07, 6.45) is 0. The molecule has 0 amide bonds. The minimum absolute atomic E-state index is 0.287. The molecule has 0 aliphatic rings. The lowest BCUT2D eigenvalue weighted by atomic mass is 10.2. The molecular weight excluding hydrogens is 251 g/mol. The van der Waals surface area contributed by atoms with Crippen molar-refractivity contribution < 1.29 is 4.39 Å². The number of nitrogens with one attached hydrogen (secondary N) is 1. The van der Waals surface area contributed by atoms with Gasteiger partial charge in [-0.2, -0.15) is 0 Å². The third-order valence-corrected chi connectivity index (χ3v) is 3.03. The fraction of sp³-hybridized carbons (Fsp3) is 0.571. The molecule has 1 aromatic carbocycles. The van der Waals surface area contributed by atoms with Crippen molar-refractivity contribution in [2.24, 2.45) is 5.92 Å². The van der Waals surface area contributed by atoms with Crippen LogP contribution >= 0.6 is 11.6 Å². The van der Waals surface area contributed by atoms with Gasteiger partial charge in [-0.25, -0.2) is 4.39 Å². The van der Waals surface area contributed by atoms with Gasteiger partial charge in [0.05, 0.1) is 0 Å². The first-order chi connectivity index (χ1) is 8.49. The molecule has 0 aliphatic carbocycles. The van der Waals surface area contributed by atoms with Crippen molar-refractivity contribution in [1.82, 2.24) is 10.2 Å². The fourth-order valence-electron chi connectivity index (χ4n) is 1.68. The predicted molar refractivity (Wildman–Crippen MR) is 75.5 cm³/mol. The second-order valence-corrected chi connectivity index (χ2v) is 5.48. The average molecular weight is 273 g/mol. The van der Waals surface area contributed by atoms with E-state index >= 15 is 0 Å². The predicted octanol–water partition coefficient (Wildman–Crippen LogP) is 3.16. The zero-order valence-corrected chi connectivity index (χ0v) is 12.1. The van der Waals surface area contributed by atoms with Gasteiger partial charge in [0.1, 0.15) is 5.82 Å². The van der Waals surface area contributed by atoms with Crippen molar-refractivity contribution in [1.29, 1.82) is 0 Å². The molecule has 0 saturated carbocycles. The van der Waals surface area contributed by atoms with E-state index < -0.39 is 0 Å². The highest BCUT2D eigenvalue weighted by Gasteiger charge is 2.05. The maximum absolute atomic E-state index is 12.9. The first-order valence-corrected chi connectivity index (χ1v) is 6.70. The fourth-order valence-corrected chi connectivity index (χ4v) is 1.91. The minimum Gasteiger partial charge on any atom is -0.315 e. The van der Waals surface area contributed by atoms with Gasteiger partial charge in [0.2, 0.25) is 0 Å². The van der Waals surface area contributed by atoms with Gasteiger partial charge in [-0.15, -0.1) is 0 Å². The van der Waals surface area contributed by atoms with E-state index in [-0.39, 0.29) is 5.82 Å². The van der Waals surface area contributed by atoms with Crippen LogP contribution in [0.25, 0.3) is 0 Å². The Bertz CT molecular complexity index is 369. The topological polar surface area (TPSA) is 15.3 Å². The van der Waals surface area contributed by atoms with Crippen LogP contribution < -0.4 is 5.32 Å². The quantitative estimate of drug-likeness (QED) is 0.767. The van der Waals surface area contributed by atoms with Crippen LogP contribution in [0.15, 0.2) is 18.2 Å². The zero-order valence-electron chi connectivity index (χ0n) is 11.3. The monoisotopic (exact) mass is 272 g/mol. The van der Waals surface area contributed by atoms with Crippen molar-refractivity contribution >= 4 is 11.6 Å². The Hall–Kier alpha value is -0.640. The average Bonchev–Trinajstić information content (AvgIpc) is 2.28. The molecule has 0 radical (unpaired) electrons. The Kier molecular flexibility index (Phi) is 6.61. The molecule has 0 spiro atoms. The Morgan fingerprint density at radius 3 is 2.72 bits per heavy atom. The Morgan fingerprint density at radius 1 is 1.39 bits per heavy atom. The van der Waals surface area contributed by atoms with E-state index in [1.807, 2.05) is 7.05 Å². The third kappa shape index (κ3) is 5.80. The summed E-state index contributed by atoms with van der Waals surface area (Å²) in [6, 6.07) is 4.56. The highest BCUT2D eigenvalue weighted by molar-refractivity contribution is 6.31. The number of likely N-dealkylation sites (N-methyl/N-ethyl adjacent to an activating group) is 1. The third-order valence-electron chi connectivity index (χ3n) is 2.68. The molecule has 102 valence electrons. The van der Waals surface area contributed by atoms with E-state index in [1.54, 1.807) is 6.07 Å². The van der Waals surface area contributed by atoms with Crippen molar-refractivity contribution in [3.05, 3.63) is 34.6 Å². The molecule has 0 bridgehead atoms. The molecule has 1 rings (SSSR count). The first kappa shape index (κ1) is 15.4. The largest absolute Gasteiger partial charge is 0.315 e. The van der Waals surface area contributed by atoms with E-state index in [4.69, 9.17) is 11.6 Å². The van der Waals surface area contributed by atoms with Gasteiger partial charge in [0, 0.05) is 24.7 Å². The summed E-state index contributed by atoms with van der Waals surface area (Å²) in [4.78, 5) is 2.17. The van der Waals surface area contributed by atoms with E-state index in [0.717, 1.165) is 31.7 Å². The lowest BCUT2D eigenvalue weighted by Crippen LogP contribution is -2.30. The van der Waals surface area contributed by atoms with Gasteiger partial charge < -0.3 is 10.2 Å². The van der Waals surface area contributed by atoms with E-state index in [9.17, 15) is 4.39 Å². The van der Waals surface area contributed by atoms with Gasteiger partial charge >= 0.3 is 0 Å². The number of rotatable bonds is 7. The van der Waals surface area contributed by atoms with Crippen LogP contribution in [0, 0.1) is 11.7 Å². The molecule has 18 heavy (non-hydrogen) atoms. The van der Waals surface area contributed by atoms with E-state index in [1.165, 1.54) is 12.1 Å². The minimum atomic E-state index is -0.287. The Balaban J connectivity index is 2.33. The molecule has 1 aromatic rings. The van der Waals surface area contributed by atoms with Crippen LogP contribution in [0.4, 0.5) is 4.39 Å². The standard InChI is InChI=1S/C14H22ClFN2/c1-11(2)9-17-6-7-18(3)10-12-4-5-13(16)8-14(12)15/h4-5,8,11,17H,6-7,9-10H2,1-3H3. The molecule has 0 fully saturated rings. The molecule has 0 unspecified atom stereocenters. The summed E-state index contributed by atoms with van der Waals surface area (Å²) in [7, 11) is 2.04. The Labute approximate surface area is 114 Å². The summed E-state index contributed by atoms with van der Waals surface area (Å²) in [6.45, 7) is 8.05. The Morgan fingerprint density at radius 2 is 2.11 bits per heavy atom. The number of hydrogen-bond acceptors (Lipinski definition) is 2. The summed E-state index contributed by atoms with van der Waals surface area (Å²) >= 11 is 5.99. The zero-order chi connectivity index (χ0) is 13.5. The molecule has 4 heteroatoms.